The third-order valence-electron chi connectivity index (χ3n) is 7.21. The van der Waals surface area contributed by atoms with Gasteiger partial charge in [0.1, 0.15) is 11.4 Å². The lowest BCUT2D eigenvalue weighted by Crippen LogP contribution is -2.58. The highest BCUT2D eigenvalue weighted by Gasteiger charge is 2.44. The molecule has 5 nitrogen and oxygen atoms in total. The number of benzene rings is 1. The first-order chi connectivity index (χ1) is 15.0. The first-order valence-corrected chi connectivity index (χ1v) is 11.4. The molecular formula is C26H31N3O2. The van der Waals surface area contributed by atoms with Gasteiger partial charge < -0.3 is 15.1 Å². The van der Waals surface area contributed by atoms with Crippen molar-refractivity contribution in [3.63, 3.8) is 0 Å². The number of nitrogens with zero attached hydrogens (tertiary/aromatic N) is 3. The summed E-state index contributed by atoms with van der Waals surface area (Å²) in [6, 6.07) is 14.3. The summed E-state index contributed by atoms with van der Waals surface area (Å²) >= 11 is 0. The van der Waals surface area contributed by atoms with Crippen molar-refractivity contribution in [3.05, 3.63) is 59.3 Å². The van der Waals surface area contributed by atoms with Crippen LogP contribution in [-0.2, 0) is 6.42 Å². The highest BCUT2D eigenvalue weighted by atomic mass is 16.3. The molecule has 1 aromatic carbocycles. The summed E-state index contributed by atoms with van der Waals surface area (Å²) in [6.07, 6.45) is 2.42. The summed E-state index contributed by atoms with van der Waals surface area (Å²) in [5, 5.41) is 21.4. The molecule has 2 bridgehead atoms. The van der Waals surface area contributed by atoms with Gasteiger partial charge in [-0.2, -0.15) is 0 Å². The summed E-state index contributed by atoms with van der Waals surface area (Å²) in [7, 11) is 0. The molecule has 0 spiro atoms. The van der Waals surface area contributed by atoms with Gasteiger partial charge in [-0.1, -0.05) is 49.1 Å². The second kappa shape index (κ2) is 8.27. The van der Waals surface area contributed by atoms with E-state index in [1.54, 1.807) is 0 Å². The molecule has 1 aromatic heterocycles. The summed E-state index contributed by atoms with van der Waals surface area (Å²) in [4.78, 5) is 9.45. The molecule has 162 valence electrons. The Labute approximate surface area is 184 Å². The van der Waals surface area contributed by atoms with Crippen LogP contribution in [0.1, 0.15) is 36.6 Å². The number of pyridine rings is 1. The van der Waals surface area contributed by atoms with Gasteiger partial charge in [0.05, 0.1) is 11.8 Å². The van der Waals surface area contributed by atoms with Gasteiger partial charge in [-0.05, 0) is 43.6 Å². The van der Waals surface area contributed by atoms with Gasteiger partial charge in [0.25, 0.3) is 0 Å². The van der Waals surface area contributed by atoms with Crippen LogP contribution in [0, 0.1) is 23.7 Å². The fourth-order valence-electron chi connectivity index (χ4n) is 5.20. The first-order valence-electron chi connectivity index (χ1n) is 11.4. The average Bonchev–Trinajstić information content (AvgIpc) is 3.12. The van der Waals surface area contributed by atoms with Crippen molar-refractivity contribution >= 4 is 5.82 Å². The predicted molar refractivity (Wildman–Crippen MR) is 122 cm³/mol. The minimum absolute atomic E-state index is 0.241. The Bertz CT molecular complexity index is 981. The number of aliphatic hydroxyl groups is 2. The Kier molecular flexibility index (Phi) is 5.47. The van der Waals surface area contributed by atoms with Gasteiger partial charge in [-0.3, -0.25) is 4.90 Å². The third-order valence-corrected chi connectivity index (χ3v) is 7.21. The molecule has 31 heavy (non-hydrogen) atoms. The standard InChI is InChI=1S/C26H31N3O2/c1-19-16-29(17-24(19)30)25-8-7-21(23(27-25)15-20-5-3-2-4-6-20)9-12-26(31)18-28-13-10-22(26)11-14-28/h2-8,19,22,24,30-31H,10-11,13-18H2,1H3/t19-,24+,26+/m0/s1. The van der Waals surface area contributed by atoms with Crippen LogP contribution in [0.25, 0.3) is 0 Å². The Morgan fingerprint density at radius 2 is 1.87 bits per heavy atom. The second-order valence-electron chi connectivity index (χ2n) is 9.50. The van der Waals surface area contributed by atoms with E-state index in [0.29, 0.717) is 19.5 Å². The minimum Gasteiger partial charge on any atom is -0.391 e. The number of hydrogen-bond donors (Lipinski definition) is 2. The van der Waals surface area contributed by atoms with Crippen molar-refractivity contribution in [1.82, 2.24) is 9.88 Å². The molecule has 6 rings (SSSR count). The molecule has 5 heterocycles. The van der Waals surface area contributed by atoms with Crippen LogP contribution in [0.3, 0.4) is 0 Å². The molecule has 0 aliphatic carbocycles. The molecule has 4 fully saturated rings. The molecule has 0 amide bonds. The lowest BCUT2D eigenvalue weighted by Gasteiger charge is -2.47. The van der Waals surface area contributed by atoms with E-state index in [9.17, 15) is 10.2 Å². The normalized spacial score (nSPS) is 32.0. The Balaban J connectivity index is 1.46. The maximum Gasteiger partial charge on any atom is 0.141 e. The van der Waals surface area contributed by atoms with E-state index in [1.807, 2.05) is 30.3 Å². The molecule has 4 aliphatic rings. The molecule has 2 N–H and O–H groups in total. The fourth-order valence-corrected chi connectivity index (χ4v) is 5.20. The van der Waals surface area contributed by atoms with Gasteiger partial charge in [0.2, 0.25) is 0 Å². The Hall–Kier alpha value is -2.39. The highest BCUT2D eigenvalue weighted by molar-refractivity contribution is 5.50. The molecule has 2 aromatic rings. The molecule has 5 heteroatoms. The number of hydrogen-bond acceptors (Lipinski definition) is 5. The maximum atomic E-state index is 11.2. The monoisotopic (exact) mass is 417 g/mol. The number of anilines is 1. The quantitative estimate of drug-likeness (QED) is 0.751. The van der Waals surface area contributed by atoms with E-state index in [4.69, 9.17) is 4.98 Å². The Morgan fingerprint density at radius 3 is 2.52 bits per heavy atom. The van der Waals surface area contributed by atoms with Crippen LogP contribution in [0.2, 0.25) is 0 Å². The van der Waals surface area contributed by atoms with Crippen molar-refractivity contribution in [3.8, 4) is 11.8 Å². The zero-order chi connectivity index (χ0) is 21.4. The van der Waals surface area contributed by atoms with Crippen molar-refractivity contribution in [2.75, 3.05) is 37.6 Å². The van der Waals surface area contributed by atoms with E-state index in [0.717, 1.165) is 49.6 Å². The molecule has 0 radical (unpaired) electrons. The second-order valence-corrected chi connectivity index (χ2v) is 9.50. The molecule has 3 atom stereocenters. The van der Waals surface area contributed by atoms with E-state index >= 15 is 0 Å². The largest absolute Gasteiger partial charge is 0.391 e. The molecule has 4 aliphatic heterocycles. The number of piperidine rings is 3. The highest BCUT2D eigenvalue weighted by Crippen LogP contribution is 2.35. The Morgan fingerprint density at radius 1 is 1.10 bits per heavy atom. The van der Waals surface area contributed by atoms with Crippen molar-refractivity contribution in [2.45, 2.75) is 37.9 Å². The van der Waals surface area contributed by atoms with Crippen LogP contribution < -0.4 is 4.90 Å². The van der Waals surface area contributed by atoms with Crippen LogP contribution >= 0.6 is 0 Å². The number of fused-ring (bicyclic) bond motifs is 3. The lowest BCUT2D eigenvalue weighted by atomic mass is 9.75. The third kappa shape index (κ3) is 4.21. The van der Waals surface area contributed by atoms with Crippen LogP contribution in [0.15, 0.2) is 42.5 Å². The minimum atomic E-state index is -0.923. The SMILES string of the molecule is C[C@H]1CN(c2ccc(C#C[C@@]3(O)CN4CCC3CC4)c(Cc3ccccc3)n2)C[C@H]1O. The summed E-state index contributed by atoms with van der Waals surface area (Å²) in [5.74, 6) is 7.95. The number of rotatable bonds is 3. The van der Waals surface area contributed by atoms with Gasteiger partial charge in [0.15, 0.2) is 0 Å². The zero-order valence-electron chi connectivity index (χ0n) is 18.2. The van der Waals surface area contributed by atoms with E-state index in [2.05, 4.69) is 40.7 Å². The first kappa shape index (κ1) is 20.5. The van der Waals surface area contributed by atoms with Crippen LogP contribution in [-0.4, -0.2) is 64.5 Å². The molecule has 0 saturated carbocycles. The molecule has 0 unspecified atom stereocenters. The summed E-state index contributed by atoms with van der Waals surface area (Å²) in [5.41, 5.74) is 2.07. The van der Waals surface area contributed by atoms with Gasteiger partial charge in [-0.15, -0.1) is 0 Å². The lowest BCUT2D eigenvalue weighted by molar-refractivity contribution is -0.0713. The topological polar surface area (TPSA) is 59.8 Å². The zero-order valence-corrected chi connectivity index (χ0v) is 18.2. The van der Waals surface area contributed by atoms with Gasteiger partial charge in [-0.25, -0.2) is 4.98 Å². The summed E-state index contributed by atoms with van der Waals surface area (Å²) in [6.45, 7) is 6.29. The van der Waals surface area contributed by atoms with Gasteiger partial charge >= 0.3 is 0 Å². The van der Waals surface area contributed by atoms with Crippen LogP contribution in [0.4, 0.5) is 5.82 Å². The van der Waals surface area contributed by atoms with Crippen LogP contribution in [0.5, 0.6) is 0 Å². The van der Waals surface area contributed by atoms with Gasteiger partial charge in [0, 0.05) is 43.5 Å². The average molecular weight is 418 g/mol. The molecule has 4 saturated heterocycles. The maximum absolute atomic E-state index is 11.2. The van der Waals surface area contributed by atoms with Crippen molar-refractivity contribution in [1.29, 1.82) is 0 Å². The number of aromatic nitrogens is 1. The number of β-amino-alcohol motifs (C(OH)–C–C–N with tert-alkyl or cyclic N) is 1. The number of aliphatic hydroxyl groups excluding tert-OH is 1. The van der Waals surface area contributed by atoms with Crippen molar-refractivity contribution in [2.24, 2.45) is 11.8 Å². The summed E-state index contributed by atoms with van der Waals surface area (Å²) < 4.78 is 0. The van der Waals surface area contributed by atoms with E-state index < -0.39 is 5.60 Å². The van der Waals surface area contributed by atoms with E-state index in [-0.39, 0.29) is 17.9 Å². The smallest absolute Gasteiger partial charge is 0.141 e. The van der Waals surface area contributed by atoms with Crippen molar-refractivity contribution < 1.29 is 10.2 Å². The predicted octanol–water partition coefficient (Wildman–Crippen LogP) is 2.30. The van der Waals surface area contributed by atoms with E-state index in [1.165, 1.54) is 5.56 Å². The molecular weight excluding hydrogens is 386 g/mol. The fraction of sp³-hybridized carbons (Fsp3) is 0.500.